The molecule has 1 aliphatic rings. The smallest absolute Gasteiger partial charge is 0.128 e. The zero-order valence-corrected chi connectivity index (χ0v) is 8.98. The molecule has 3 heteroatoms. The molecule has 0 amide bonds. The summed E-state index contributed by atoms with van der Waals surface area (Å²) < 4.78 is 0. The van der Waals surface area contributed by atoms with Crippen molar-refractivity contribution in [2.45, 2.75) is 32.2 Å². The Kier molecular flexibility index (Phi) is 2.86. The maximum absolute atomic E-state index is 8.69. The summed E-state index contributed by atoms with van der Waals surface area (Å²) in [6.45, 7) is 3.31. The third-order valence-corrected chi connectivity index (χ3v) is 3.02. The molecule has 0 aliphatic carbocycles. The van der Waals surface area contributed by atoms with Crippen molar-refractivity contribution >= 4 is 5.82 Å². The first-order valence-corrected chi connectivity index (χ1v) is 5.48. The van der Waals surface area contributed by atoms with Crippen LogP contribution in [0.5, 0.6) is 0 Å². The van der Waals surface area contributed by atoms with E-state index >= 15 is 0 Å². The van der Waals surface area contributed by atoms with E-state index in [1.807, 2.05) is 12.1 Å². The van der Waals surface area contributed by atoms with E-state index in [0.29, 0.717) is 11.6 Å². The number of aromatic nitrogens is 1. The molecule has 2 rings (SSSR count). The molecule has 0 saturated carbocycles. The zero-order valence-electron chi connectivity index (χ0n) is 8.98. The Hall–Kier alpha value is -1.56. The first kappa shape index (κ1) is 9.97. The summed E-state index contributed by atoms with van der Waals surface area (Å²) in [5.74, 6) is 1.01. The monoisotopic (exact) mass is 201 g/mol. The summed E-state index contributed by atoms with van der Waals surface area (Å²) in [6.07, 6.45) is 5.33. The van der Waals surface area contributed by atoms with E-state index in [9.17, 15) is 0 Å². The summed E-state index contributed by atoms with van der Waals surface area (Å²) in [4.78, 5) is 6.68. The van der Waals surface area contributed by atoms with Crippen molar-refractivity contribution < 1.29 is 0 Å². The van der Waals surface area contributed by atoms with Crippen LogP contribution in [0.1, 0.15) is 31.7 Å². The van der Waals surface area contributed by atoms with Crippen LogP contribution in [0.3, 0.4) is 0 Å². The van der Waals surface area contributed by atoms with Crippen LogP contribution in [0, 0.1) is 11.3 Å². The lowest BCUT2D eigenvalue weighted by molar-refractivity contribution is 0.640. The predicted octanol–water partition coefficient (Wildman–Crippen LogP) is 2.33. The number of anilines is 1. The van der Waals surface area contributed by atoms with Crippen LogP contribution in [-0.2, 0) is 0 Å². The Balaban J connectivity index is 2.19. The molecule has 1 unspecified atom stereocenters. The highest BCUT2D eigenvalue weighted by atomic mass is 15.2. The molecule has 0 N–H and O–H groups in total. The molecule has 1 aromatic heterocycles. The summed E-state index contributed by atoms with van der Waals surface area (Å²) in [5.41, 5.74) is 0.631. The van der Waals surface area contributed by atoms with Crippen molar-refractivity contribution in [1.82, 2.24) is 4.98 Å². The van der Waals surface area contributed by atoms with E-state index in [2.05, 4.69) is 22.9 Å². The Morgan fingerprint density at radius 3 is 3.07 bits per heavy atom. The molecule has 78 valence electrons. The number of hydrogen-bond acceptors (Lipinski definition) is 3. The van der Waals surface area contributed by atoms with Crippen LogP contribution in [-0.4, -0.2) is 17.6 Å². The zero-order chi connectivity index (χ0) is 10.7. The van der Waals surface area contributed by atoms with Gasteiger partial charge in [-0.05, 0) is 31.4 Å². The van der Waals surface area contributed by atoms with Gasteiger partial charge in [0.2, 0.25) is 0 Å². The van der Waals surface area contributed by atoms with Gasteiger partial charge in [0.25, 0.3) is 0 Å². The number of rotatable bonds is 2. The summed E-state index contributed by atoms with van der Waals surface area (Å²) >= 11 is 0. The van der Waals surface area contributed by atoms with E-state index in [0.717, 1.165) is 12.4 Å². The third-order valence-electron chi connectivity index (χ3n) is 3.02. The maximum atomic E-state index is 8.69. The number of hydrogen-bond donors (Lipinski definition) is 0. The minimum absolute atomic E-state index is 0.630. The fraction of sp³-hybridized carbons (Fsp3) is 0.500. The highest BCUT2D eigenvalue weighted by Crippen LogP contribution is 2.25. The average molecular weight is 201 g/mol. The molecule has 2 heterocycles. The fourth-order valence-corrected chi connectivity index (χ4v) is 2.18. The number of nitrogens with zero attached hydrogens (tertiary/aromatic N) is 3. The Labute approximate surface area is 90.4 Å². The molecule has 0 radical (unpaired) electrons. The highest BCUT2D eigenvalue weighted by Gasteiger charge is 2.23. The molecule has 1 fully saturated rings. The molecule has 1 atom stereocenters. The van der Waals surface area contributed by atoms with Crippen molar-refractivity contribution in [2.75, 3.05) is 11.4 Å². The van der Waals surface area contributed by atoms with Crippen molar-refractivity contribution in [3.8, 4) is 6.07 Å². The molecule has 0 spiro atoms. The Bertz CT molecular complexity index is 363. The van der Waals surface area contributed by atoms with E-state index in [4.69, 9.17) is 5.26 Å². The van der Waals surface area contributed by atoms with Crippen molar-refractivity contribution in [2.24, 2.45) is 0 Å². The molecular weight excluding hydrogens is 186 g/mol. The third kappa shape index (κ3) is 1.94. The average Bonchev–Trinajstić information content (AvgIpc) is 2.77. The predicted molar refractivity (Wildman–Crippen MR) is 59.6 cm³/mol. The van der Waals surface area contributed by atoms with Gasteiger partial charge < -0.3 is 4.90 Å². The summed E-state index contributed by atoms with van der Waals surface area (Å²) in [6, 6.07) is 6.51. The molecule has 1 aliphatic heterocycles. The van der Waals surface area contributed by atoms with Gasteiger partial charge in [-0.3, -0.25) is 0 Å². The largest absolute Gasteiger partial charge is 0.354 e. The molecule has 1 saturated heterocycles. The quantitative estimate of drug-likeness (QED) is 0.737. The van der Waals surface area contributed by atoms with Gasteiger partial charge in [0.1, 0.15) is 11.9 Å². The van der Waals surface area contributed by atoms with Gasteiger partial charge in [-0.25, -0.2) is 4.98 Å². The number of nitriles is 1. The second kappa shape index (κ2) is 4.31. The fourth-order valence-electron chi connectivity index (χ4n) is 2.18. The highest BCUT2D eigenvalue weighted by molar-refractivity contribution is 5.43. The van der Waals surface area contributed by atoms with Crippen molar-refractivity contribution in [3.63, 3.8) is 0 Å². The lowest BCUT2D eigenvalue weighted by Crippen LogP contribution is -2.29. The molecule has 3 nitrogen and oxygen atoms in total. The topological polar surface area (TPSA) is 39.9 Å². The van der Waals surface area contributed by atoms with Crippen LogP contribution in [0.4, 0.5) is 5.82 Å². The van der Waals surface area contributed by atoms with Crippen LogP contribution in [0.15, 0.2) is 18.3 Å². The Morgan fingerprint density at radius 2 is 2.47 bits per heavy atom. The van der Waals surface area contributed by atoms with Gasteiger partial charge in [0.15, 0.2) is 0 Å². The van der Waals surface area contributed by atoms with Crippen LogP contribution >= 0.6 is 0 Å². The van der Waals surface area contributed by atoms with Gasteiger partial charge in [-0.15, -0.1) is 0 Å². The molecule has 0 bridgehead atoms. The SMILES string of the molecule is CCC1CCCN1c1ccc(C#N)cn1. The lowest BCUT2D eigenvalue weighted by atomic mass is 10.2. The molecule has 15 heavy (non-hydrogen) atoms. The van der Waals surface area contributed by atoms with Gasteiger partial charge in [0, 0.05) is 18.8 Å². The van der Waals surface area contributed by atoms with Gasteiger partial charge in [-0.1, -0.05) is 6.92 Å². The second-order valence-corrected chi connectivity index (χ2v) is 3.91. The maximum Gasteiger partial charge on any atom is 0.128 e. The standard InChI is InChI=1S/C12H15N3/c1-2-11-4-3-7-15(11)12-6-5-10(8-13)9-14-12/h5-6,9,11H,2-4,7H2,1H3. The number of pyridine rings is 1. The minimum atomic E-state index is 0.630. The van der Waals surface area contributed by atoms with Crippen molar-refractivity contribution in [3.05, 3.63) is 23.9 Å². The van der Waals surface area contributed by atoms with E-state index in [-0.39, 0.29) is 0 Å². The van der Waals surface area contributed by atoms with Gasteiger partial charge in [-0.2, -0.15) is 5.26 Å². The summed E-state index contributed by atoms with van der Waals surface area (Å²) in [5, 5.41) is 8.69. The van der Waals surface area contributed by atoms with E-state index in [1.165, 1.54) is 19.3 Å². The van der Waals surface area contributed by atoms with E-state index in [1.54, 1.807) is 6.20 Å². The van der Waals surface area contributed by atoms with Gasteiger partial charge in [0.05, 0.1) is 5.56 Å². The molecule has 0 aromatic carbocycles. The normalized spacial score (nSPS) is 20.3. The van der Waals surface area contributed by atoms with Crippen molar-refractivity contribution in [1.29, 1.82) is 5.26 Å². The first-order valence-electron chi connectivity index (χ1n) is 5.48. The van der Waals surface area contributed by atoms with Crippen LogP contribution < -0.4 is 4.90 Å². The first-order chi connectivity index (χ1) is 7.35. The van der Waals surface area contributed by atoms with Crippen LogP contribution in [0.25, 0.3) is 0 Å². The lowest BCUT2D eigenvalue weighted by Gasteiger charge is -2.24. The Morgan fingerprint density at radius 1 is 1.60 bits per heavy atom. The summed E-state index contributed by atoms with van der Waals surface area (Å²) in [7, 11) is 0. The van der Waals surface area contributed by atoms with Crippen LogP contribution in [0.2, 0.25) is 0 Å². The minimum Gasteiger partial charge on any atom is -0.354 e. The second-order valence-electron chi connectivity index (χ2n) is 3.91. The molecular formula is C12H15N3. The molecule has 1 aromatic rings. The van der Waals surface area contributed by atoms with Gasteiger partial charge >= 0.3 is 0 Å². The van der Waals surface area contributed by atoms with E-state index < -0.39 is 0 Å².